The number of nitrogens with zero attached hydrogens (tertiary/aromatic N) is 2. The van der Waals surface area contributed by atoms with E-state index in [1.54, 1.807) is 18.5 Å². The summed E-state index contributed by atoms with van der Waals surface area (Å²) in [5, 5.41) is 16.2. The van der Waals surface area contributed by atoms with Crippen LogP contribution in [0.5, 0.6) is 0 Å². The zero-order chi connectivity index (χ0) is 16.9. The minimum atomic E-state index is -0.549. The topological polar surface area (TPSA) is 67.2 Å². The van der Waals surface area contributed by atoms with E-state index in [1.165, 1.54) is 16.8 Å². The van der Waals surface area contributed by atoms with E-state index in [4.69, 9.17) is 0 Å². The highest BCUT2D eigenvalue weighted by Gasteiger charge is 2.16. The van der Waals surface area contributed by atoms with Crippen LogP contribution in [0.3, 0.4) is 0 Å². The van der Waals surface area contributed by atoms with Crippen LogP contribution >= 0.6 is 0 Å². The molecule has 3 aromatic rings. The molecule has 0 spiro atoms. The van der Waals surface area contributed by atoms with Crippen molar-refractivity contribution in [3.05, 3.63) is 83.9 Å². The molecule has 1 unspecified atom stereocenters. The number of carbonyl (C=O) groups excluding carboxylic acids is 1. The molecule has 0 saturated carbocycles. The highest BCUT2D eigenvalue weighted by atomic mass is 19.1. The molecule has 0 aliphatic heterocycles. The second kappa shape index (κ2) is 7.06. The molecule has 1 amide bonds. The second-order valence-electron chi connectivity index (χ2n) is 5.24. The number of aliphatic hydroxyl groups is 1. The first-order chi connectivity index (χ1) is 11.7. The predicted molar refractivity (Wildman–Crippen MR) is 87.3 cm³/mol. The average molecular weight is 325 g/mol. The van der Waals surface area contributed by atoms with Gasteiger partial charge in [-0.1, -0.05) is 30.3 Å². The monoisotopic (exact) mass is 325 g/mol. The minimum Gasteiger partial charge on any atom is -0.394 e. The molecule has 1 heterocycles. The molecule has 1 aromatic heterocycles. The normalized spacial score (nSPS) is 11.9. The first-order valence-electron chi connectivity index (χ1n) is 7.45. The molecule has 0 fully saturated rings. The highest BCUT2D eigenvalue weighted by Crippen LogP contribution is 2.16. The highest BCUT2D eigenvalue weighted by molar-refractivity contribution is 5.94. The number of nitrogens with one attached hydrogen (secondary N) is 1. The Morgan fingerprint density at radius 1 is 1.21 bits per heavy atom. The fraction of sp³-hybridized carbons (Fsp3) is 0.111. The molecule has 5 nitrogen and oxygen atoms in total. The van der Waals surface area contributed by atoms with Crippen molar-refractivity contribution >= 4 is 5.91 Å². The number of hydrogen-bond donors (Lipinski definition) is 2. The molecule has 122 valence electrons. The van der Waals surface area contributed by atoms with Gasteiger partial charge in [0.25, 0.3) is 5.91 Å². The summed E-state index contributed by atoms with van der Waals surface area (Å²) in [5.41, 5.74) is 1.22. The van der Waals surface area contributed by atoms with E-state index in [0.29, 0.717) is 0 Å². The zero-order valence-corrected chi connectivity index (χ0v) is 12.8. The van der Waals surface area contributed by atoms with Gasteiger partial charge in [0.1, 0.15) is 11.5 Å². The fourth-order valence-electron chi connectivity index (χ4n) is 2.41. The van der Waals surface area contributed by atoms with Crippen LogP contribution < -0.4 is 5.32 Å². The molecular weight excluding hydrogens is 309 g/mol. The van der Waals surface area contributed by atoms with E-state index in [0.717, 1.165) is 11.6 Å². The first kappa shape index (κ1) is 15.9. The van der Waals surface area contributed by atoms with E-state index in [2.05, 4.69) is 10.4 Å². The molecule has 0 radical (unpaired) electrons. The quantitative estimate of drug-likeness (QED) is 0.757. The maximum atomic E-state index is 14.2. The van der Waals surface area contributed by atoms with Crippen LogP contribution in [0.1, 0.15) is 22.0 Å². The Morgan fingerprint density at radius 3 is 2.62 bits per heavy atom. The van der Waals surface area contributed by atoms with Gasteiger partial charge in [0.05, 0.1) is 12.6 Å². The summed E-state index contributed by atoms with van der Waals surface area (Å²) < 4.78 is 15.6. The number of amides is 1. The molecule has 0 saturated heterocycles. The Kier molecular flexibility index (Phi) is 4.67. The Balaban J connectivity index is 1.79. The van der Waals surface area contributed by atoms with Crippen molar-refractivity contribution in [2.24, 2.45) is 0 Å². The maximum absolute atomic E-state index is 14.2. The van der Waals surface area contributed by atoms with Gasteiger partial charge in [-0.25, -0.2) is 9.07 Å². The van der Waals surface area contributed by atoms with Gasteiger partial charge in [-0.15, -0.1) is 0 Å². The third-order valence-corrected chi connectivity index (χ3v) is 3.65. The van der Waals surface area contributed by atoms with Crippen LogP contribution in [0.2, 0.25) is 0 Å². The van der Waals surface area contributed by atoms with Crippen LogP contribution in [0.15, 0.2) is 67.0 Å². The summed E-state index contributed by atoms with van der Waals surface area (Å²) in [4.78, 5) is 12.3. The number of aliphatic hydroxyl groups excluding tert-OH is 1. The summed E-state index contributed by atoms with van der Waals surface area (Å²) >= 11 is 0. The largest absolute Gasteiger partial charge is 0.394 e. The van der Waals surface area contributed by atoms with Crippen LogP contribution in [0.4, 0.5) is 4.39 Å². The van der Waals surface area contributed by atoms with Crippen molar-refractivity contribution < 1.29 is 14.3 Å². The molecule has 0 aliphatic carbocycles. The van der Waals surface area contributed by atoms with E-state index < -0.39 is 17.8 Å². The number of hydrogen-bond acceptors (Lipinski definition) is 3. The number of rotatable bonds is 5. The third-order valence-electron chi connectivity index (χ3n) is 3.65. The van der Waals surface area contributed by atoms with Crippen molar-refractivity contribution in [2.75, 3.05) is 6.61 Å². The average Bonchev–Trinajstić information content (AvgIpc) is 3.14. The molecule has 2 aromatic carbocycles. The van der Waals surface area contributed by atoms with E-state index in [1.807, 2.05) is 30.3 Å². The third kappa shape index (κ3) is 3.33. The number of benzene rings is 2. The molecule has 6 heteroatoms. The van der Waals surface area contributed by atoms with Crippen molar-refractivity contribution in [3.8, 4) is 5.69 Å². The van der Waals surface area contributed by atoms with Gasteiger partial charge in [0.15, 0.2) is 0 Å². The van der Waals surface area contributed by atoms with Gasteiger partial charge >= 0.3 is 0 Å². The molecule has 24 heavy (non-hydrogen) atoms. The molecule has 1 atom stereocenters. The lowest BCUT2D eigenvalue weighted by molar-refractivity contribution is 0.0915. The molecule has 2 N–H and O–H groups in total. The van der Waals surface area contributed by atoms with Gasteiger partial charge in [-0.3, -0.25) is 4.79 Å². The zero-order valence-electron chi connectivity index (χ0n) is 12.8. The van der Waals surface area contributed by atoms with E-state index >= 15 is 0 Å². The van der Waals surface area contributed by atoms with Gasteiger partial charge in [-0.05, 0) is 29.8 Å². The van der Waals surface area contributed by atoms with Gasteiger partial charge < -0.3 is 10.4 Å². The Bertz CT molecular complexity index is 820. The molecule has 3 rings (SSSR count). The summed E-state index contributed by atoms with van der Waals surface area (Å²) in [6.07, 6.45) is 3.17. The predicted octanol–water partition coefficient (Wildman–Crippen LogP) is 2.47. The van der Waals surface area contributed by atoms with Crippen LogP contribution in [-0.2, 0) is 0 Å². The van der Waals surface area contributed by atoms with Crippen LogP contribution in [0.25, 0.3) is 5.69 Å². The molecular formula is C18H16FN3O2. The lowest BCUT2D eigenvalue weighted by atomic mass is 10.1. The van der Waals surface area contributed by atoms with Crippen molar-refractivity contribution in [1.82, 2.24) is 15.1 Å². The van der Waals surface area contributed by atoms with Crippen molar-refractivity contribution in [3.63, 3.8) is 0 Å². The summed E-state index contributed by atoms with van der Waals surface area (Å²) in [6, 6.07) is 14.4. The molecule has 0 aliphatic rings. The first-order valence-corrected chi connectivity index (χ1v) is 7.45. The van der Waals surface area contributed by atoms with Gasteiger partial charge in [0, 0.05) is 18.0 Å². The standard InChI is InChI=1S/C18H16FN3O2/c19-15-11-14(7-8-17(15)22-10-4-9-20-22)18(24)21-16(12-23)13-5-2-1-3-6-13/h1-11,16,23H,12H2,(H,21,24). The summed E-state index contributed by atoms with van der Waals surface area (Å²) in [6.45, 7) is -0.246. The smallest absolute Gasteiger partial charge is 0.251 e. The summed E-state index contributed by atoms with van der Waals surface area (Å²) in [7, 11) is 0. The molecule has 0 bridgehead atoms. The van der Waals surface area contributed by atoms with Crippen LogP contribution in [0, 0.1) is 5.82 Å². The number of aromatic nitrogens is 2. The SMILES string of the molecule is O=C(NC(CO)c1ccccc1)c1ccc(-n2cccn2)c(F)c1. The van der Waals surface area contributed by atoms with Crippen molar-refractivity contribution in [1.29, 1.82) is 0 Å². The fourth-order valence-corrected chi connectivity index (χ4v) is 2.41. The van der Waals surface area contributed by atoms with Gasteiger partial charge in [-0.2, -0.15) is 5.10 Å². The lowest BCUT2D eigenvalue weighted by Gasteiger charge is -2.17. The van der Waals surface area contributed by atoms with Crippen molar-refractivity contribution in [2.45, 2.75) is 6.04 Å². The Hall–Kier alpha value is -2.99. The Labute approximate surface area is 138 Å². The lowest BCUT2D eigenvalue weighted by Crippen LogP contribution is -2.30. The van der Waals surface area contributed by atoms with E-state index in [-0.39, 0.29) is 17.9 Å². The maximum Gasteiger partial charge on any atom is 0.251 e. The number of halogens is 1. The summed E-state index contributed by atoms with van der Waals surface area (Å²) in [5.74, 6) is -1.00. The van der Waals surface area contributed by atoms with Crippen LogP contribution in [-0.4, -0.2) is 27.4 Å². The number of carbonyl (C=O) groups is 1. The van der Waals surface area contributed by atoms with Gasteiger partial charge in [0.2, 0.25) is 0 Å². The minimum absolute atomic E-state index is 0.179. The van der Waals surface area contributed by atoms with E-state index in [9.17, 15) is 14.3 Å². The Morgan fingerprint density at radius 2 is 2.00 bits per heavy atom. The second-order valence-corrected chi connectivity index (χ2v) is 5.24.